The van der Waals surface area contributed by atoms with Crippen molar-refractivity contribution in [1.29, 1.82) is 0 Å². The van der Waals surface area contributed by atoms with Crippen LogP contribution in [0.15, 0.2) is 6.20 Å². The molecule has 0 radical (unpaired) electrons. The van der Waals surface area contributed by atoms with Gasteiger partial charge in [-0.05, 0) is 59.8 Å². The number of hydrogen-bond donors (Lipinski definition) is 1. The zero-order chi connectivity index (χ0) is 16.8. The minimum atomic E-state index is -0.0578. The maximum atomic E-state index is 12.3. The molecule has 2 rings (SSSR count). The van der Waals surface area contributed by atoms with Crippen molar-refractivity contribution in [3.8, 4) is 0 Å². The van der Waals surface area contributed by atoms with Gasteiger partial charge in [-0.25, -0.2) is 9.97 Å². The van der Waals surface area contributed by atoms with Crippen LogP contribution in [0.4, 0.5) is 0 Å². The van der Waals surface area contributed by atoms with E-state index < -0.39 is 0 Å². The molecular formula is C17H29N5O. The monoisotopic (exact) mass is 319 g/mol. The second-order valence-corrected chi connectivity index (χ2v) is 6.71. The molecule has 1 aliphatic rings. The lowest BCUT2D eigenvalue weighted by molar-refractivity contribution is 0.0933. The number of nitrogens with one attached hydrogen (secondary N) is 1. The summed E-state index contributed by atoms with van der Waals surface area (Å²) in [5.74, 6) is 1.21. The average Bonchev–Trinajstić information content (AvgIpc) is 2.51. The lowest BCUT2D eigenvalue weighted by Crippen LogP contribution is -2.41. The van der Waals surface area contributed by atoms with Gasteiger partial charge in [0.25, 0.3) is 5.91 Å². The van der Waals surface area contributed by atoms with E-state index in [4.69, 9.17) is 0 Å². The fourth-order valence-corrected chi connectivity index (χ4v) is 2.89. The normalized spacial score (nSPS) is 16.7. The van der Waals surface area contributed by atoms with Gasteiger partial charge in [0.1, 0.15) is 5.82 Å². The number of aryl methyl sites for hydroxylation is 2. The fraction of sp³-hybridized carbons (Fsp3) is 0.706. The molecule has 128 valence electrons. The van der Waals surface area contributed by atoms with Crippen molar-refractivity contribution in [2.45, 2.75) is 26.7 Å². The van der Waals surface area contributed by atoms with E-state index >= 15 is 0 Å². The number of rotatable bonds is 6. The highest BCUT2D eigenvalue weighted by Crippen LogP contribution is 2.16. The molecule has 1 saturated heterocycles. The molecule has 0 aliphatic carbocycles. The molecule has 2 heterocycles. The van der Waals surface area contributed by atoms with E-state index in [0.717, 1.165) is 51.3 Å². The number of likely N-dealkylation sites (tertiary alicyclic amines) is 1. The topological polar surface area (TPSA) is 61.4 Å². The van der Waals surface area contributed by atoms with Crippen LogP contribution in [0.25, 0.3) is 0 Å². The van der Waals surface area contributed by atoms with Gasteiger partial charge >= 0.3 is 0 Å². The first-order valence-electron chi connectivity index (χ1n) is 8.41. The highest BCUT2D eigenvalue weighted by molar-refractivity contribution is 5.94. The Hall–Kier alpha value is -1.53. The third-order valence-electron chi connectivity index (χ3n) is 4.47. The van der Waals surface area contributed by atoms with E-state index in [2.05, 4.69) is 39.2 Å². The van der Waals surface area contributed by atoms with Crippen molar-refractivity contribution < 1.29 is 4.79 Å². The van der Waals surface area contributed by atoms with Crippen molar-refractivity contribution in [3.05, 3.63) is 23.3 Å². The third-order valence-corrected chi connectivity index (χ3v) is 4.47. The number of amides is 1. The maximum Gasteiger partial charge on any atom is 0.254 e. The summed E-state index contributed by atoms with van der Waals surface area (Å²) in [4.78, 5) is 25.4. The van der Waals surface area contributed by atoms with Gasteiger partial charge < -0.3 is 15.1 Å². The lowest BCUT2D eigenvalue weighted by Gasteiger charge is -2.32. The fourth-order valence-electron chi connectivity index (χ4n) is 2.89. The minimum absolute atomic E-state index is 0.0578. The summed E-state index contributed by atoms with van der Waals surface area (Å²) in [6.07, 6.45) is 3.92. The van der Waals surface area contributed by atoms with Crippen LogP contribution >= 0.6 is 0 Å². The molecule has 0 unspecified atom stereocenters. The van der Waals surface area contributed by atoms with Crippen LogP contribution in [0.5, 0.6) is 0 Å². The van der Waals surface area contributed by atoms with Crippen molar-refractivity contribution in [2.75, 3.05) is 46.8 Å². The Morgan fingerprint density at radius 3 is 2.65 bits per heavy atom. The first-order valence-corrected chi connectivity index (χ1v) is 8.41. The Kier molecular flexibility index (Phi) is 6.47. The van der Waals surface area contributed by atoms with Gasteiger partial charge in [-0.1, -0.05) is 0 Å². The van der Waals surface area contributed by atoms with Gasteiger partial charge in [-0.15, -0.1) is 0 Å². The molecule has 1 aromatic rings. The highest BCUT2D eigenvalue weighted by atomic mass is 16.1. The quantitative estimate of drug-likeness (QED) is 0.851. The number of hydrogen-bond acceptors (Lipinski definition) is 5. The van der Waals surface area contributed by atoms with Crippen LogP contribution in [0.1, 0.15) is 34.7 Å². The molecule has 1 fully saturated rings. The Bertz CT molecular complexity index is 524. The first kappa shape index (κ1) is 17.8. The molecule has 6 nitrogen and oxygen atoms in total. The van der Waals surface area contributed by atoms with Crippen LogP contribution in [-0.4, -0.2) is 72.5 Å². The minimum Gasteiger partial charge on any atom is -0.352 e. The zero-order valence-corrected chi connectivity index (χ0v) is 14.8. The van der Waals surface area contributed by atoms with Crippen LogP contribution in [0, 0.1) is 19.8 Å². The summed E-state index contributed by atoms with van der Waals surface area (Å²) in [7, 11) is 4.22. The summed E-state index contributed by atoms with van der Waals surface area (Å²) in [5, 5.41) is 3.05. The van der Waals surface area contributed by atoms with Gasteiger partial charge in [-0.2, -0.15) is 0 Å². The Morgan fingerprint density at radius 2 is 2.04 bits per heavy atom. The standard InChI is InChI=1S/C17H29N5O/c1-13-16(12-18-14(2)20-13)17(23)19-11-15-5-7-22(8-6-15)10-9-21(3)4/h12,15H,5-11H2,1-4H3,(H,19,23). The van der Waals surface area contributed by atoms with Crippen LogP contribution < -0.4 is 5.32 Å². The van der Waals surface area contributed by atoms with Crippen LogP contribution in [0.3, 0.4) is 0 Å². The molecule has 1 aromatic heterocycles. The molecule has 0 spiro atoms. The van der Waals surface area contributed by atoms with Crippen LogP contribution in [-0.2, 0) is 0 Å². The third kappa shape index (κ3) is 5.55. The van der Waals surface area contributed by atoms with E-state index in [9.17, 15) is 4.79 Å². The van der Waals surface area contributed by atoms with Gasteiger partial charge in [0.05, 0.1) is 11.3 Å². The largest absolute Gasteiger partial charge is 0.352 e. The Balaban J connectivity index is 1.73. The van der Waals surface area contributed by atoms with E-state index in [-0.39, 0.29) is 5.91 Å². The van der Waals surface area contributed by atoms with Gasteiger partial charge in [-0.3, -0.25) is 4.79 Å². The van der Waals surface area contributed by atoms with Crippen molar-refractivity contribution >= 4 is 5.91 Å². The Morgan fingerprint density at radius 1 is 1.35 bits per heavy atom. The number of piperidine rings is 1. The van der Waals surface area contributed by atoms with Crippen molar-refractivity contribution in [2.24, 2.45) is 5.92 Å². The second-order valence-electron chi connectivity index (χ2n) is 6.71. The van der Waals surface area contributed by atoms with E-state index in [1.807, 2.05) is 13.8 Å². The molecule has 1 amide bonds. The predicted octanol–water partition coefficient (Wildman–Crippen LogP) is 1.10. The molecule has 0 atom stereocenters. The maximum absolute atomic E-state index is 12.3. The highest BCUT2D eigenvalue weighted by Gasteiger charge is 2.20. The van der Waals surface area contributed by atoms with Crippen molar-refractivity contribution in [3.63, 3.8) is 0 Å². The summed E-state index contributed by atoms with van der Waals surface area (Å²) >= 11 is 0. The number of nitrogens with zero attached hydrogens (tertiary/aromatic N) is 4. The smallest absolute Gasteiger partial charge is 0.254 e. The summed E-state index contributed by atoms with van der Waals surface area (Å²) in [6.45, 7) is 8.92. The first-order chi connectivity index (χ1) is 11.0. The average molecular weight is 319 g/mol. The molecular weight excluding hydrogens is 290 g/mol. The summed E-state index contributed by atoms with van der Waals surface area (Å²) in [6, 6.07) is 0. The second kappa shape index (κ2) is 8.36. The molecule has 0 aromatic carbocycles. The van der Waals surface area contributed by atoms with Crippen molar-refractivity contribution in [1.82, 2.24) is 25.1 Å². The molecule has 6 heteroatoms. The van der Waals surface area contributed by atoms with E-state index in [1.165, 1.54) is 0 Å². The van der Waals surface area contributed by atoms with E-state index in [0.29, 0.717) is 17.3 Å². The summed E-state index contributed by atoms with van der Waals surface area (Å²) in [5.41, 5.74) is 1.33. The lowest BCUT2D eigenvalue weighted by atomic mass is 9.96. The summed E-state index contributed by atoms with van der Waals surface area (Å²) < 4.78 is 0. The number of carbonyl (C=O) groups is 1. The molecule has 1 N–H and O–H groups in total. The SMILES string of the molecule is Cc1ncc(C(=O)NCC2CCN(CCN(C)C)CC2)c(C)n1. The van der Waals surface area contributed by atoms with Gasteiger partial charge in [0, 0.05) is 25.8 Å². The number of carbonyl (C=O) groups excluding carboxylic acids is 1. The predicted molar refractivity (Wildman–Crippen MR) is 91.6 cm³/mol. The number of aromatic nitrogens is 2. The Labute approximate surface area is 139 Å². The molecule has 23 heavy (non-hydrogen) atoms. The molecule has 1 aliphatic heterocycles. The van der Waals surface area contributed by atoms with Gasteiger partial charge in [0.2, 0.25) is 0 Å². The molecule has 0 saturated carbocycles. The molecule has 0 bridgehead atoms. The van der Waals surface area contributed by atoms with Gasteiger partial charge in [0.15, 0.2) is 0 Å². The van der Waals surface area contributed by atoms with Crippen LogP contribution in [0.2, 0.25) is 0 Å². The number of likely N-dealkylation sites (N-methyl/N-ethyl adjacent to an activating group) is 1. The zero-order valence-electron chi connectivity index (χ0n) is 14.8. The van der Waals surface area contributed by atoms with E-state index in [1.54, 1.807) is 6.20 Å².